The Balaban J connectivity index is 4.60. The lowest BCUT2D eigenvalue weighted by molar-refractivity contribution is -0.151. The second-order valence-corrected chi connectivity index (χ2v) is 16.1. The van der Waals surface area contributed by atoms with E-state index in [-0.39, 0.29) is 24.9 Å². The Morgan fingerprint density at radius 3 is 1.47 bits per heavy atom. The highest BCUT2D eigenvalue weighted by molar-refractivity contribution is 5.77. The number of hydrogen-bond donors (Lipinski definition) is 3. The number of nitrogens with one attached hydrogen (secondary N) is 1. The van der Waals surface area contributed by atoms with Crippen molar-refractivity contribution in [3.05, 3.63) is 36.5 Å². The number of esters is 1. The SMILES string of the molecule is CC/C=C/C/C=C/C/C=C/CCCCC(CC(=O)NC(CO)C(O)CCCCCCCCCCCCCCC)OC(=O)CCCCCCCCCCCCC. The molecule has 0 saturated heterocycles. The number of carbonyl (C=O) groups excluding carboxylic acids is 2. The van der Waals surface area contributed by atoms with E-state index in [1.165, 1.54) is 116 Å². The third-order valence-corrected chi connectivity index (χ3v) is 10.7. The molecule has 0 aromatic rings. The maximum Gasteiger partial charge on any atom is 0.306 e. The molecule has 0 spiro atoms. The summed E-state index contributed by atoms with van der Waals surface area (Å²) in [7, 11) is 0. The zero-order valence-electron chi connectivity index (χ0n) is 36.6. The first-order chi connectivity index (χ1) is 27.0. The van der Waals surface area contributed by atoms with Crippen LogP contribution in [0.5, 0.6) is 0 Å². The first-order valence-corrected chi connectivity index (χ1v) is 23.7. The van der Waals surface area contributed by atoms with E-state index in [1.54, 1.807) is 0 Å². The summed E-state index contributed by atoms with van der Waals surface area (Å²) >= 11 is 0. The van der Waals surface area contributed by atoms with Gasteiger partial charge in [-0.05, 0) is 57.8 Å². The lowest BCUT2D eigenvalue weighted by Crippen LogP contribution is -2.46. The fourth-order valence-electron chi connectivity index (χ4n) is 7.15. The Kier molecular flexibility index (Phi) is 41.7. The molecule has 322 valence electrons. The zero-order valence-corrected chi connectivity index (χ0v) is 36.6. The summed E-state index contributed by atoms with van der Waals surface area (Å²) in [5, 5.41) is 23.7. The van der Waals surface area contributed by atoms with Crippen LogP contribution in [0.4, 0.5) is 0 Å². The zero-order chi connectivity index (χ0) is 40.3. The fraction of sp³-hybridized carbons (Fsp3) is 0.837. The molecular formula is C49H91NO5. The van der Waals surface area contributed by atoms with Crippen LogP contribution in [0.15, 0.2) is 36.5 Å². The molecule has 0 aliphatic rings. The number of carbonyl (C=O) groups is 2. The van der Waals surface area contributed by atoms with Gasteiger partial charge >= 0.3 is 5.97 Å². The standard InChI is InChI=1S/C49H91NO5/c1-4-7-10-13-16-19-22-24-27-29-32-35-38-41-47(52)46(44-51)50-48(53)43-45(40-37-34-31-28-26-23-20-17-14-11-8-5-2)55-49(54)42-39-36-33-30-25-21-18-15-12-9-6-3/h8,11,17,20,26,28,45-47,51-52H,4-7,9-10,12-16,18-19,21-25,27,29-44H2,1-3H3,(H,50,53)/b11-8+,20-17+,28-26+. The fourth-order valence-corrected chi connectivity index (χ4v) is 7.15. The van der Waals surface area contributed by atoms with Crippen molar-refractivity contribution in [3.8, 4) is 0 Å². The average molecular weight is 774 g/mol. The molecule has 3 unspecified atom stereocenters. The van der Waals surface area contributed by atoms with Crippen LogP contribution in [-0.4, -0.2) is 46.9 Å². The molecule has 55 heavy (non-hydrogen) atoms. The molecule has 0 aliphatic carbocycles. The largest absolute Gasteiger partial charge is 0.462 e. The maximum absolute atomic E-state index is 13.1. The van der Waals surface area contributed by atoms with Gasteiger partial charge in [0.25, 0.3) is 0 Å². The predicted molar refractivity (Wildman–Crippen MR) is 236 cm³/mol. The summed E-state index contributed by atoms with van der Waals surface area (Å²) in [5.41, 5.74) is 0. The van der Waals surface area contributed by atoms with Gasteiger partial charge in [0.15, 0.2) is 0 Å². The summed E-state index contributed by atoms with van der Waals surface area (Å²) in [6.45, 7) is 6.35. The maximum atomic E-state index is 13.1. The van der Waals surface area contributed by atoms with E-state index in [2.05, 4.69) is 62.5 Å². The second-order valence-electron chi connectivity index (χ2n) is 16.1. The van der Waals surface area contributed by atoms with Crippen molar-refractivity contribution in [1.82, 2.24) is 5.32 Å². The molecule has 0 radical (unpaired) electrons. The van der Waals surface area contributed by atoms with Crippen molar-refractivity contribution in [2.75, 3.05) is 6.61 Å². The van der Waals surface area contributed by atoms with E-state index in [4.69, 9.17) is 4.74 Å². The van der Waals surface area contributed by atoms with E-state index in [0.717, 1.165) is 77.0 Å². The number of aliphatic hydroxyl groups excluding tert-OH is 2. The Bertz CT molecular complexity index is 915. The summed E-state index contributed by atoms with van der Waals surface area (Å²) in [5.74, 6) is -0.508. The van der Waals surface area contributed by atoms with Crippen LogP contribution in [0.1, 0.15) is 239 Å². The number of unbranched alkanes of at least 4 members (excludes halogenated alkanes) is 24. The smallest absolute Gasteiger partial charge is 0.306 e. The first-order valence-electron chi connectivity index (χ1n) is 23.7. The van der Waals surface area contributed by atoms with Crippen molar-refractivity contribution >= 4 is 11.9 Å². The molecule has 0 aliphatic heterocycles. The molecule has 0 fully saturated rings. The molecule has 6 heteroatoms. The van der Waals surface area contributed by atoms with Crippen LogP contribution >= 0.6 is 0 Å². The van der Waals surface area contributed by atoms with Gasteiger partial charge in [0, 0.05) is 6.42 Å². The van der Waals surface area contributed by atoms with E-state index < -0.39 is 18.2 Å². The lowest BCUT2D eigenvalue weighted by atomic mass is 10.0. The Morgan fingerprint density at radius 2 is 0.982 bits per heavy atom. The van der Waals surface area contributed by atoms with Crippen molar-refractivity contribution in [1.29, 1.82) is 0 Å². The molecular weight excluding hydrogens is 683 g/mol. The molecule has 0 saturated carbocycles. The molecule has 0 bridgehead atoms. The van der Waals surface area contributed by atoms with Crippen LogP contribution in [-0.2, 0) is 14.3 Å². The van der Waals surface area contributed by atoms with Gasteiger partial charge in [-0.1, -0.05) is 205 Å². The topological polar surface area (TPSA) is 95.9 Å². The van der Waals surface area contributed by atoms with Gasteiger partial charge in [-0.15, -0.1) is 0 Å². The van der Waals surface area contributed by atoms with Crippen molar-refractivity contribution < 1.29 is 24.5 Å². The van der Waals surface area contributed by atoms with Crippen molar-refractivity contribution in [2.45, 2.75) is 257 Å². The van der Waals surface area contributed by atoms with E-state index >= 15 is 0 Å². The van der Waals surface area contributed by atoms with Gasteiger partial charge in [-0.25, -0.2) is 0 Å². The minimum atomic E-state index is -0.793. The van der Waals surface area contributed by atoms with Crippen LogP contribution in [0.25, 0.3) is 0 Å². The van der Waals surface area contributed by atoms with E-state index in [0.29, 0.717) is 19.3 Å². The Hall–Kier alpha value is -1.92. The molecule has 3 atom stereocenters. The molecule has 3 N–H and O–H groups in total. The third-order valence-electron chi connectivity index (χ3n) is 10.7. The van der Waals surface area contributed by atoms with Crippen molar-refractivity contribution in [3.63, 3.8) is 0 Å². The predicted octanol–water partition coefficient (Wildman–Crippen LogP) is 13.7. The molecule has 0 aromatic carbocycles. The molecule has 1 amide bonds. The molecule has 6 nitrogen and oxygen atoms in total. The highest BCUT2D eigenvalue weighted by atomic mass is 16.5. The average Bonchev–Trinajstić information content (AvgIpc) is 3.18. The number of allylic oxidation sites excluding steroid dienone is 6. The summed E-state index contributed by atoms with van der Waals surface area (Å²) < 4.78 is 5.88. The van der Waals surface area contributed by atoms with Crippen molar-refractivity contribution in [2.24, 2.45) is 0 Å². The van der Waals surface area contributed by atoms with Gasteiger partial charge in [0.1, 0.15) is 6.10 Å². The third kappa shape index (κ3) is 38.7. The molecule has 0 rings (SSSR count). The highest BCUT2D eigenvalue weighted by Crippen LogP contribution is 2.17. The normalized spacial score (nSPS) is 13.6. The first kappa shape index (κ1) is 53.1. The minimum Gasteiger partial charge on any atom is -0.462 e. The van der Waals surface area contributed by atoms with E-state index in [9.17, 15) is 19.8 Å². The second kappa shape index (κ2) is 43.2. The van der Waals surface area contributed by atoms with Gasteiger partial charge in [0.05, 0.1) is 25.2 Å². The number of hydrogen-bond acceptors (Lipinski definition) is 5. The summed E-state index contributed by atoms with van der Waals surface area (Å²) in [6.07, 6.45) is 49.2. The quantitative estimate of drug-likeness (QED) is 0.0326. The Morgan fingerprint density at radius 1 is 0.545 bits per heavy atom. The van der Waals surface area contributed by atoms with Crippen LogP contribution in [0.2, 0.25) is 0 Å². The number of rotatable bonds is 42. The highest BCUT2D eigenvalue weighted by Gasteiger charge is 2.24. The van der Waals surface area contributed by atoms with Gasteiger partial charge in [-0.2, -0.15) is 0 Å². The summed E-state index contributed by atoms with van der Waals surface area (Å²) in [4.78, 5) is 26.0. The lowest BCUT2D eigenvalue weighted by Gasteiger charge is -2.24. The summed E-state index contributed by atoms with van der Waals surface area (Å²) in [6, 6.07) is -0.709. The number of ether oxygens (including phenoxy) is 1. The molecule has 0 heterocycles. The van der Waals surface area contributed by atoms with Gasteiger partial charge in [-0.3, -0.25) is 9.59 Å². The minimum absolute atomic E-state index is 0.0546. The van der Waals surface area contributed by atoms with Gasteiger partial charge < -0.3 is 20.3 Å². The van der Waals surface area contributed by atoms with Crippen LogP contribution < -0.4 is 5.32 Å². The van der Waals surface area contributed by atoms with Gasteiger partial charge in [0.2, 0.25) is 5.91 Å². The Labute approximate surface area is 341 Å². The molecule has 0 aromatic heterocycles. The number of aliphatic hydroxyl groups is 2. The monoisotopic (exact) mass is 774 g/mol. The van der Waals surface area contributed by atoms with E-state index in [1.807, 2.05) is 0 Å². The number of amides is 1. The van der Waals surface area contributed by atoms with Crippen LogP contribution in [0, 0.1) is 0 Å². The van der Waals surface area contributed by atoms with Crippen LogP contribution in [0.3, 0.4) is 0 Å².